The highest BCUT2D eigenvalue weighted by Crippen LogP contribution is 2.32. The van der Waals surface area contributed by atoms with Gasteiger partial charge in [-0.2, -0.15) is 0 Å². The third-order valence-electron chi connectivity index (χ3n) is 2.63. The summed E-state index contributed by atoms with van der Waals surface area (Å²) in [5, 5.41) is 18.8. The van der Waals surface area contributed by atoms with Gasteiger partial charge >= 0.3 is 0 Å². The molecule has 2 N–H and O–H groups in total. The first-order valence-electron chi connectivity index (χ1n) is 5.12. The molecule has 86 valence electrons. The molecule has 1 rings (SSSR count). The maximum atomic E-state index is 9.41. The van der Waals surface area contributed by atoms with E-state index in [1.807, 2.05) is 12.1 Å². The number of thiophene rings is 1. The van der Waals surface area contributed by atoms with Crippen molar-refractivity contribution in [2.75, 3.05) is 13.2 Å². The van der Waals surface area contributed by atoms with Gasteiger partial charge in [0.05, 0.1) is 17.0 Å². The molecule has 4 heteroatoms. The van der Waals surface area contributed by atoms with Crippen LogP contribution in [0.5, 0.6) is 0 Å². The van der Waals surface area contributed by atoms with Gasteiger partial charge in [-0.3, -0.25) is 0 Å². The number of aliphatic hydroxyl groups excluding tert-OH is 2. The summed E-state index contributed by atoms with van der Waals surface area (Å²) in [5.74, 6) is 0. The van der Waals surface area contributed by atoms with Crippen LogP contribution < -0.4 is 0 Å². The fourth-order valence-electron chi connectivity index (χ4n) is 1.75. The molecule has 0 aliphatic heterocycles. The van der Waals surface area contributed by atoms with E-state index in [2.05, 4.69) is 22.9 Å². The van der Waals surface area contributed by atoms with Gasteiger partial charge in [-0.1, -0.05) is 13.3 Å². The Labute approximate surface area is 103 Å². The molecule has 0 saturated heterocycles. The van der Waals surface area contributed by atoms with Crippen LogP contribution in [0, 0.1) is 5.41 Å². The summed E-state index contributed by atoms with van der Waals surface area (Å²) in [6.45, 7) is 2.17. The minimum Gasteiger partial charge on any atom is -0.396 e. The number of halogens is 1. The lowest BCUT2D eigenvalue weighted by Gasteiger charge is -2.28. The SMILES string of the molecule is CCCC(CO)(CO)Cc1ccc(Br)s1. The third kappa shape index (κ3) is 3.55. The molecular formula is C11H17BrO2S. The normalized spacial score (nSPS) is 12.0. The minimum absolute atomic E-state index is 0.0485. The van der Waals surface area contributed by atoms with E-state index in [-0.39, 0.29) is 18.6 Å². The third-order valence-corrected chi connectivity index (χ3v) is 4.25. The summed E-state index contributed by atoms with van der Waals surface area (Å²) in [7, 11) is 0. The lowest BCUT2D eigenvalue weighted by molar-refractivity contribution is 0.0473. The topological polar surface area (TPSA) is 40.5 Å². The zero-order chi connectivity index (χ0) is 11.3. The van der Waals surface area contributed by atoms with Crippen LogP contribution in [-0.2, 0) is 6.42 Å². The van der Waals surface area contributed by atoms with Gasteiger partial charge in [0, 0.05) is 10.3 Å². The molecule has 0 saturated carbocycles. The Hall–Kier alpha value is 0.1000. The zero-order valence-electron chi connectivity index (χ0n) is 8.87. The first-order valence-corrected chi connectivity index (χ1v) is 6.72. The molecule has 0 aromatic carbocycles. The Kier molecular flexibility index (Phi) is 5.26. The Morgan fingerprint density at radius 3 is 2.40 bits per heavy atom. The van der Waals surface area contributed by atoms with Crippen LogP contribution in [0.4, 0.5) is 0 Å². The van der Waals surface area contributed by atoms with Crippen LogP contribution in [0.2, 0.25) is 0 Å². The van der Waals surface area contributed by atoms with Crippen LogP contribution in [0.3, 0.4) is 0 Å². The summed E-state index contributed by atoms with van der Waals surface area (Å²) >= 11 is 5.08. The van der Waals surface area contributed by atoms with Crippen molar-refractivity contribution in [3.8, 4) is 0 Å². The van der Waals surface area contributed by atoms with E-state index >= 15 is 0 Å². The molecule has 0 amide bonds. The van der Waals surface area contributed by atoms with Gasteiger partial charge in [0.1, 0.15) is 0 Å². The molecule has 0 fully saturated rings. The van der Waals surface area contributed by atoms with E-state index in [9.17, 15) is 10.2 Å². The van der Waals surface area contributed by atoms with Crippen LogP contribution in [0.1, 0.15) is 24.6 Å². The predicted octanol–water partition coefficient (Wildman–Crippen LogP) is 2.82. The first kappa shape index (κ1) is 13.2. The van der Waals surface area contributed by atoms with E-state index in [4.69, 9.17) is 0 Å². The summed E-state index contributed by atoms with van der Waals surface area (Å²) in [5.41, 5.74) is -0.348. The Morgan fingerprint density at radius 1 is 1.33 bits per heavy atom. The standard InChI is InChI=1S/C11H17BrO2S/c1-2-5-11(7-13,8-14)6-9-3-4-10(12)15-9/h3-4,13-14H,2,5-8H2,1H3. The summed E-state index contributed by atoms with van der Waals surface area (Å²) in [6.07, 6.45) is 2.59. The smallest absolute Gasteiger partial charge is 0.0701 e. The molecule has 1 aromatic heterocycles. The average molecular weight is 293 g/mol. The second-order valence-electron chi connectivity index (χ2n) is 3.95. The molecule has 0 spiro atoms. The van der Waals surface area contributed by atoms with E-state index < -0.39 is 0 Å². The number of rotatable bonds is 6. The number of hydrogen-bond donors (Lipinski definition) is 2. The summed E-state index contributed by atoms with van der Waals surface area (Å²) < 4.78 is 1.10. The second kappa shape index (κ2) is 5.99. The van der Waals surface area contributed by atoms with Crippen molar-refractivity contribution in [1.29, 1.82) is 0 Å². The number of aliphatic hydroxyl groups is 2. The van der Waals surface area contributed by atoms with E-state index in [0.717, 1.165) is 23.0 Å². The fourth-order valence-corrected chi connectivity index (χ4v) is 3.41. The lowest BCUT2D eigenvalue weighted by Crippen LogP contribution is -2.31. The first-order chi connectivity index (χ1) is 7.15. The molecular weight excluding hydrogens is 276 g/mol. The molecule has 0 atom stereocenters. The Morgan fingerprint density at radius 2 is 2.00 bits per heavy atom. The van der Waals surface area contributed by atoms with Gasteiger partial charge in [-0.25, -0.2) is 0 Å². The van der Waals surface area contributed by atoms with Crippen LogP contribution in [0.25, 0.3) is 0 Å². The molecule has 15 heavy (non-hydrogen) atoms. The molecule has 1 aromatic rings. The van der Waals surface area contributed by atoms with E-state index in [0.29, 0.717) is 0 Å². The molecule has 1 heterocycles. The Bertz CT molecular complexity index is 295. The van der Waals surface area contributed by atoms with Gasteiger partial charge in [0.2, 0.25) is 0 Å². The highest BCUT2D eigenvalue weighted by Gasteiger charge is 2.28. The average Bonchev–Trinajstić information content (AvgIpc) is 2.63. The van der Waals surface area contributed by atoms with E-state index in [1.165, 1.54) is 4.88 Å². The maximum Gasteiger partial charge on any atom is 0.0701 e. The maximum absolute atomic E-state index is 9.41. The van der Waals surface area contributed by atoms with Crippen molar-refractivity contribution in [3.05, 3.63) is 20.8 Å². The molecule has 2 nitrogen and oxygen atoms in total. The highest BCUT2D eigenvalue weighted by molar-refractivity contribution is 9.11. The predicted molar refractivity (Wildman–Crippen MR) is 67.2 cm³/mol. The van der Waals surface area contributed by atoms with Gasteiger partial charge in [0.25, 0.3) is 0 Å². The van der Waals surface area contributed by atoms with Crippen molar-refractivity contribution in [3.63, 3.8) is 0 Å². The molecule has 0 unspecified atom stereocenters. The van der Waals surface area contributed by atoms with Crippen molar-refractivity contribution in [2.45, 2.75) is 26.2 Å². The quantitative estimate of drug-likeness (QED) is 0.846. The largest absolute Gasteiger partial charge is 0.396 e. The van der Waals surface area contributed by atoms with Gasteiger partial charge < -0.3 is 10.2 Å². The molecule has 0 aliphatic rings. The number of hydrogen-bond acceptors (Lipinski definition) is 3. The fraction of sp³-hybridized carbons (Fsp3) is 0.636. The highest BCUT2D eigenvalue weighted by atomic mass is 79.9. The van der Waals surface area contributed by atoms with Gasteiger partial charge in [-0.15, -0.1) is 11.3 Å². The van der Waals surface area contributed by atoms with Gasteiger partial charge in [-0.05, 0) is 40.9 Å². The minimum atomic E-state index is -0.348. The summed E-state index contributed by atoms with van der Waals surface area (Å²) in [4.78, 5) is 1.21. The Balaban J connectivity index is 2.73. The monoisotopic (exact) mass is 292 g/mol. The second-order valence-corrected chi connectivity index (χ2v) is 6.50. The van der Waals surface area contributed by atoms with E-state index in [1.54, 1.807) is 11.3 Å². The van der Waals surface area contributed by atoms with Crippen LogP contribution >= 0.6 is 27.3 Å². The van der Waals surface area contributed by atoms with Crippen molar-refractivity contribution in [2.24, 2.45) is 5.41 Å². The lowest BCUT2D eigenvalue weighted by atomic mass is 9.81. The molecule has 0 bridgehead atoms. The summed E-state index contributed by atoms with van der Waals surface area (Å²) in [6, 6.07) is 4.05. The van der Waals surface area contributed by atoms with Gasteiger partial charge in [0.15, 0.2) is 0 Å². The van der Waals surface area contributed by atoms with Crippen LogP contribution in [-0.4, -0.2) is 23.4 Å². The van der Waals surface area contributed by atoms with Crippen molar-refractivity contribution < 1.29 is 10.2 Å². The van der Waals surface area contributed by atoms with Crippen LogP contribution in [0.15, 0.2) is 15.9 Å². The molecule has 0 aliphatic carbocycles. The zero-order valence-corrected chi connectivity index (χ0v) is 11.3. The van der Waals surface area contributed by atoms with Crippen molar-refractivity contribution >= 4 is 27.3 Å². The molecule has 0 radical (unpaired) electrons. The van der Waals surface area contributed by atoms with Crippen molar-refractivity contribution in [1.82, 2.24) is 0 Å².